The number of hydrogen-bond acceptors (Lipinski definition) is 9. The summed E-state index contributed by atoms with van der Waals surface area (Å²) in [5.41, 5.74) is -0.140. The number of amides is 1. The lowest BCUT2D eigenvalue weighted by Gasteiger charge is -2.28. The molecule has 1 aromatic heterocycles. The molecule has 0 radical (unpaired) electrons. The third-order valence-electron chi connectivity index (χ3n) is 4.32. The summed E-state index contributed by atoms with van der Waals surface area (Å²) in [5, 5.41) is 2.54. The second-order valence-electron chi connectivity index (χ2n) is 7.26. The van der Waals surface area contributed by atoms with E-state index in [0.717, 1.165) is 0 Å². The van der Waals surface area contributed by atoms with E-state index in [0.29, 0.717) is 6.61 Å². The first-order valence-corrected chi connectivity index (χ1v) is 10.1. The van der Waals surface area contributed by atoms with Crippen molar-refractivity contribution in [1.29, 1.82) is 0 Å². The zero-order valence-corrected chi connectivity index (χ0v) is 19.4. The van der Waals surface area contributed by atoms with Crippen LogP contribution in [0.4, 0.5) is 0 Å². The van der Waals surface area contributed by atoms with Crippen LogP contribution in [0.1, 0.15) is 45.1 Å². The molecule has 0 aliphatic carbocycles. The maximum atomic E-state index is 12.8. The molecule has 0 aliphatic heterocycles. The molecule has 178 valence electrons. The van der Waals surface area contributed by atoms with Crippen LogP contribution in [0, 0.1) is 5.92 Å². The predicted molar refractivity (Wildman–Crippen MR) is 115 cm³/mol. The average molecular weight is 453 g/mol. The smallest absolute Gasteiger partial charge is 0.328 e. The lowest BCUT2D eigenvalue weighted by Crippen LogP contribution is -2.44. The van der Waals surface area contributed by atoms with Gasteiger partial charge in [0.25, 0.3) is 5.91 Å². The summed E-state index contributed by atoms with van der Waals surface area (Å²) in [7, 11) is 1.39. The van der Waals surface area contributed by atoms with Gasteiger partial charge in [0, 0.05) is 19.2 Å². The number of rotatable bonds is 13. The van der Waals surface area contributed by atoms with Crippen molar-refractivity contribution in [2.45, 2.75) is 52.9 Å². The second-order valence-corrected chi connectivity index (χ2v) is 7.26. The summed E-state index contributed by atoms with van der Waals surface area (Å²) in [6, 6.07) is 0.500. The molecule has 10 heteroatoms. The van der Waals surface area contributed by atoms with Gasteiger partial charge in [0.1, 0.15) is 12.1 Å². The Morgan fingerprint density at radius 1 is 1.22 bits per heavy atom. The van der Waals surface area contributed by atoms with Crippen LogP contribution >= 0.6 is 0 Å². The zero-order chi connectivity index (χ0) is 24.3. The average Bonchev–Trinajstić information content (AvgIpc) is 2.74. The van der Waals surface area contributed by atoms with Gasteiger partial charge in [0.15, 0.2) is 17.2 Å². The summed E-state index contributed by atoms with van der Waals surface area (Å²) < 4.78 is 26.5. The molecular formula is C22H32N2O8. The highest BCUT2D eigenvalue weighted by atomic mass is 16.7. The Morgan fingerprint density at radius 3 is 2.47 bits per heavy atom. The van der Waals surface area contributed by atoms with Crippen molar-refractivity contribution in [3.05, 3.63) is 30.6 Å². The molecule has 10 nitrogen and oxygen atoms in total. The van der Waals surface area contributed by atoms with Crippen LogP contribution in [0.5, 0.6) is 11.5 Å². The molecule has 1 N–H and O–H groups in total. The quantitative estimate of drug-likeness (QED) is 0.273. The molecule has 0 bridgehead atoms. The Kier molecular flexibility index (Phi) is 11.2. The fourth-order valence-electron chi connectivity index (χ4n) is 2.71. The predicted octanol–water partition coefficient (Wildman–Crippen LogP) is 2.27. The standard InChI is InChI=1S/C22H32N2O8/c1-8-11-29-15(5)19(13(2)3)32-22(27)14(4)24-21(26)18-20(31-12-30-16(6)25)17(28-7)9-10-23-18/h8-10,13-15,19H,1,11-12H2,2-7H3,(H,24,26)/t14-,15-,19?/m0/s1. The van der Waals surface area contributed by atoms with E-state index >= 15 is 0 Å². The van der Waals surface area contributed by atoms with E-state index in [9.17, 15) is 14.4 Å². The van der Waals surface area contributed by atoms with Crippen LogP contribution in [0.3, 0.4) is 0 Å². The van der Waals surface area contributed by atoms with Crippen LogP contribution in [-0.2, 0) is 23.8 Å². The van der Waals surface area contributed by atoms with Gasteiger partial charge in [0.2, 0.25) is 6.79 Å². The molecule has 0 spiro atoms. The van der Waals surface area contributed by atoms with Gasteiger partial charge in [0.05, 0.1) is 19.8 Å². The summed E-state index contributed by atoms with van der Waals surface area (Å²) in [6.07, 6.45) is 2.09. The van der Waals surface area contributed by atoms with Gasteiger partial charge < -0.3 is 29.0 Å². The number of carbonyl (C=O) groups excluding carboxylic acids is 3. The maximum Gasteiger partial charge on any atom is 0.328 e. The van der Waals surface area contributed by atoms with Gasteiger partial charge in [-0.05, 0) is 19.8 Å². The number of carbonyl (C=O) groups is 3. The van der Waals surface area contributed by atoms with Crippen molar-refractivity contribution >= 4 is 17.8 Å². The van der Waals surface area contributed by atoms with Gasteiger partial charge in [-0.15, -0.1) is 6.58 Å². The molecule has 1 rings (SSSR count). The van der Waals surface area contributed by atoms with Crippen LogP contribution in [0.15, 0.2) is 24.9 Å². The first-order chi connectivity index (χ1) is 15.1. The van der Waals surface area contributed by atoms with Crippen molar-refractivity contribution in [3.8, 4) is 11.5 Å². The Morgan fingerprint density at radius 2 is 1.91 bits per heavy atom. The molecule has 0 saturated heterocycles. The fourth-order valence-corrected chi connectivity index (χ4v) is 2.71. The van der Waals surface area contributed by atoms with Crippen LogP contribution in [-0.4, -0.2) is 61.6 Å². The zero-order valence-electron chi connectivity index (χ0n) is 19.4. The number of nitrogens with zero attached hydrogens (tertiary/aromatic N) is 1. The maximum absolute atomic E-state index is 12.8. The normalized spacial score (nSPS) is 13.5. The molecule has 0 aromatic carbocycles. The minimum absolute atomic E-state index is 0.0111. The number of ether oxygens (including phenoxy) is 5. The van der Waals surface area contributed by atoms with Gasteiger partial charge in [-0.3, -0.25) is 9.59 Å². The molecule has 0 saturated carbocycles. The molecule has 3 atom stereocenters. The van der Waals surface area contributed by atoms with Crippen molar-refractivity contribution in [3.63, 3.8) is 0 Å². The Labute approximate surface area is 188 Å². The second kappa shape index (κ2) is 13.3. The van der Waals surface area contributed by atoms with Crippen LogP contribution in [0.25, 0.3) is 0 Å². The van der Waals surface area contributed by atoms with E-state index < -0.39 is 36.8 Å². The number of aromatic nitrogens is 1. The summed E-state index contributed by atoms with van der Waals surface area (Å²) in [6.45, 7) is 11.8. The first kappa shape index (κ1) is 26.9. The van der Waals surface area contributed by atoms with Gasteiger partial charge in [-0.2, -0.15) is 0 Å². The largest absolute Gasteiger partial charge is 0.493 e. The highest BCUT2D eigenvalue weighted by molar-refractivity contribution is 5.98. The van der Waals surface area contributed by atoms with E-state index in [1.165, 1.54) is 33.2 Å². The number of methoxy groups -OCH3 is 1. The highest BCUT2D eigenvalue weighted by Gasteiger charge is 2.29. The van der Waals surface area contributed by atoms with Gasteiger partial charge >= 0.3 is 11.9 Å². The SMILES string of the molecule is C=CCO[C@@H](C)C(OC(=O)[C@H](C)NC(=O)c1nccc(OC)c1OCOC(C)=O)C(C)C. The lowest BCUT2D eigenvalue weighted by molar-refractivity contribution is -0.162. The van der Waals surface area contributed by atoms with E-state index in [4.69, 9.17) is 23.7 Å². The lowest BCUT2D eigenvalue weighted by atomic mass is 10.0. The molecule has 32 heavy (non-hydrogen) atoms. The molecule has 1 heterocycles. The summed E-state index contributed by atoms with van der Waals surface area (Å²) in [4.78, 5) is 40.4. The van der Waals surface area contributed by atoms with Crippen molar-refractivity contribution in [1.82, 2.24) is 10.3 Å². The summed E-state index contributed by atoms with van der Waals surface area (Å²) >= 11 is 0. The molecule has 0 aliphatic rings. The minimum Gasteiger partial charge on any atom is -0.493 e. The molecular weight excluding hydrogens is 420 g/mol. The fraction of sp³-hybridized carbons (Fsp3) is 0.545. The Bertz CT molecular complexity index is 796. The van der Waals surface area contributed by atoms with Crippen molar-refractivity contribution < 1.29 is 38.1 Å². The summed E-state index contributed by atoms with van der Waals surface area (Å²) in [5.74, 6) is -1.70. The highest BCUT2D eigenvalue weighted by Crippen LogP contribution is 2.29. The molecule has 1 amide bonds. The van der Waals surface area contributed by atoms with E-state index in [-0.39, 0.29) is 29.2 Å². The van der Waals surface area contributed by atoms with Crippen molar-refractivity contribution in [2.75, 3.05) is 20.5 Å². The Balaban J connectivity index is 2.90. The third-order valence-corrected chi connectivity index (χ3v) is 4.32. The third kappa shape index (κ3) is 8.18. The topological polar surface area (TPSA) is 122 Å². The van der Waals surface area contributed by atoms with Crippen molar-refractivity contribution in [2.24, 2.45) is 5.92 Å². The number of nitrogens with one attached hydrogen (secondary N) is 1. The minimum atomic E-state index is -0.982. The van der Waals surface area contributed by atoms with E-state index in [2.05, 4.69) is 16.9 Å². The van der Waals surface area contributed by atoms with Crippen LogP contribution < -0.4 is 14.8 Å². The number of hydrogen-bond donors (Lipinski definition) is 1. The molecule has 0 fully saturated rings. The number of pyridine rings is 1. The molecule has 1 unspecified atom stereocenters. The van der Waals surface area contributed by atoms with Gasteiger partial charge in [-0.25, -0.2) is 9.78 Å². The molecule has 1 aromatic rings. The van der Waals surface area contributed by atoms with E-state index in [1.54, 1.807) is 13.0 Å². The number of esters is 2. The van der Waals surface area contributed by atoms with Gasteiger partial charge in [-0.1, -0.05) is 19.9 Å². The first-order valence-electron chi connectivity index (χ1n) is 10.1. The Hall–Kier alpha value is -3.14. The van der Waals surface area contributed by atoms with E-state index in [1.807, 2.05) is 13.8 Å². The van der Waals surface area contributed by atoms with Crippen LogP contribution in [0.2, 0.25) is 0 Å². The monoisotopic (exact) mass is 452 g/mol.